The van der Waals surface area contributed by atoms with E-state index in [2.05, 4.69) is 0 Å². The van der Waals surface area contributed by atoms with Gasteiger partial charge in [-0.25, -0.2) is 0 Å². The van der Waals surface area contributed by atoms with Gasteiger partial charge in [0.2, 0.25) is 5.91 Å². The molecule has 1 N–H and O–H groups in total. The lowest BCUT2D eigenvalue weighted by molar-refractivity contribution is -0.136. The first kappa shape index (κ1) is 11.9. The van der Waals surface area contributed by atoms with Crippen molar-refractivity contribution in [2.75, 3.05) is 11.4 Å². The zero-order valence-corrected chi connectivity index (χ0v) is 9.85. The molecule has 2 rings (SSSR count). The van der Waals surface area contributed by atoms with Gasteiger partial charge in [0.1, 0.15) is 6.54 Å². The number of aliphatic carboxylic acids is 1. The minimum atomic E-state index is -1.03. The van der Waals surface area contributed by atoms with Crippen LogP contribution in [0.5, 0.6) is 0 Å². The van der Waals surface area contributed by atoms with Crippen molar-refractivity contribution in [1.29, 1.82) is 0 Å². The highest BCUT2D eigenvalue weighted by Crippen LogP contribution is 2.33. The molecule has 0 bridgehead atoms. The lowest BCUT2D eigenvalue weighted by Gasteiger charge is -2.20. The van der Waals surface area contributed by atoms with Gasteiger partial charge in [0, 0.05) is 16.6 Å². The molecule has 1 fully saturated rings. The summed E-state index contributed by atoms with van der Waals surface area (Å²) in [7, 11) is 0. The minimum absolute atomic E-state index is 0.0201. The van der Waals surface area contributed by atoms with Crippen LogP contribution in [0.2, 0.25) is 5.02 Å². The first-order valence-corrected chi connectivity index (χ1v) is 5.74. The van der Waals surface area contributed by atoms with Crippen molar-refractivity contribution in [2.24, 2.45) is 5.92 Å². The summed E-state index contributed by atoms with van der Waals surface area (Å²) in [6.45, 7) is -0.324. The van der Waals surface area contributed by atoms with Crippen molar-refractivity contribution >= 4 is 29.2 Å². The minimum Gasteiger partial charge on any atom is -0.480 e. The number of rotatable bonds is 4. The van der Waals surface area contributed by atoms with Gasteiger partial charge in [0.05, 0.1) is 0 Å². The summed E-state index contributed by atoms with van der Waals surface area (Å²) in [4.78, 5) is 24.0. The number of hydrogen-bond donors (Lipinski definition) is 1. The third-order valence-electron chi connectivity index (χ3n) is 2.61. The Morgan fingerprint density at radius 3 is 2.65 bits per heavy atom. The molecule has 4 nitrogen and oxygen atoms in total. The zero-order valence-electron chi connectivity index (χ0n) is 9.10. The monoisotopic (exact) mass is 253 g/mol. The number of anilines is 1. The summed E-state index contributed by atoms with van der Waals surface area (Å²) in [6.07, 6.45) is 1.69. The molecule has 0 aliphatic heterocycles. The molecule has 90 valence electrons. The molecule has 0 spiro atoms. The molecule has 1 aliphatic rings. The Morgan fingerprint density at radius 2 is 2.12 bits per heavy atom. The largest absolute Gasteiger partial charge is 0.480 e. The van der Waals surface area contributed by atoms with E-state index in [1.807, 2.05) is 0 Å². The van der Waals surface area contributed by atoms with Crippen LogP contribution in [0.3, 0.4) is 0 Å². The Morgan fingerprint density at radius 1 is 1.41 bits per heavy atom. The summed E-state index contributed by atoms with van der Waals surface area (Å²) in [6, 6.07) is 6.68. The number of carboxylic acids is 1. The SMILES string of the molecule is O=C(O)CN(C(=O)C1CC1)c1cccc(Cl)c1. The number of carboxylic acid groups (broad SMARTS) is 1. The van der Waals surface area contributed by atoms with Gasteiger partial charge in [-0.05, 0) is 31.0 Å². The topological polar surface area (TPSA) is 57.6 Å². The number of carbonyl (C=O) groups is 2. The number of nitrogens with zero attached hydrogens (tertiary/aromatic N) is 1. The van der Waals surface area contributed by atoms with Gasteiger partial charge in [-0.15, -0.1) is 0 Å². The summed E-state index contributed by atoms with van der Waals surface area (Å²) in [5.41, 5.74) is 0.539. The third kappa shape index (κ3) is 2.97. The van der Waals surface area contributed by atoms with Crippen molar-refractivity contribution in [1.82, 2.24) is 0 Å². The number of amides is 1. The lowest BCUT2D eigenvalue weighted by Crippen LogP contribution is -2.36. The van der Waals surface area contributed by atoms with Crippen LogP contribution in [0.25, 0.3) is 0 Å². The van der Waals surface area contributed by atoms with Crippen LogP contribution in [-0.4, -0.2) is 23.5 Å². The Hall–Kier alpha value is -1.55. The fourth-order valence-corrected chi connectivity index (χ4v) is 1.81. The Bertz CT molecular complexity index is 457. The van der Waals surface area contributed by atoms with Gasteiger partial charge >= 0.3 is 5.97 Å². The van der Waals surface area contributed by atoms with Crippen LogP contribution in [0.15, 0.2) is 24.3 Å². The maximum absolute atomic E-state index is 12.0. The van der Waals surface area contributed by atoms with Gasteiger partial charge in [0.25, 0.3) is 0 Å². The maximum Gasteiger partial charge on any atom is 0.323 e. The van der Waals surface area contributed by atoms with Gasteiger partial charge < -0.3 is 10.0 Å². The van der Waals surface area contributed by atoms with Crippen molar-refractivity contribution in [3.63, 3.8) is 0 Å². The second kappa shape index (κ2) is 4.75. The first-order chi connectivity index (χ1) is 8.08. The van der Waals surface area contributed by atoms with Crippen LogP contribution < -0.4 is 4.90 Å². The summed E-state index contributed by atoms with van der Waals surface area (Å²) < 4.78 is 0. The average Bonchev–Trinajstić information content (AvgIpc) is 3.08. The molecule has 1 saturated carbocycles. The molecule has 0 aromatic heterocycles. The molecule has 0 atom stereocenters. The molecule has 0 radical (unpaired) electrons. The van der Waals surface area contributed by atoms with Crippen LogP contribution >= 0.6 is 11.6 Å². The van der Waals surface area contributed by atoms with Gasteiger partial charge in [0.15, 0.2) is 0 Å². The quantitative estimate of drug-likeness (QED) is 0.895. The van der Waals surface area contributed by atoms with E-state index in [1.165, 1.54) is 4.90 Å². The molecule has 1 aromatic carbocycles. The van der Waals surface area contributed by atoms with Gasteiger partial charge in [-0.1, -0.05) is 17.7 Å². The van der Waals surface area contributed by atoms with Crippen molar-refractivity contribution < 1.29 is 14.7 Å². The van der Waals surface area contributed by atoms with Crippen LogP contribution in [0.4, 0.5) is 5.69 Å². The molecule has 1 amide bonds. The van der Waals surface area contributed by atoms with Crippen LogP contribution in [0, 0.1) is 5.92 Å². The van der Waals surface area contributed by atoms with E-state index >= 15 is 0 Å². The smallest absolute Gasteiger partial charge is 0.323 e. The van der Waals surface area contributed by atoms with E-state index < -0.39 is 5.97 Å². The molecule has 17 heavy (non-hydrogen) atoms. The van der Waals surface area contributed by atoms with E-state index in [0.717, 1.165) is 12.8 Å². The number of carbonyl (C=O) groups excluding carboxylic acids is 1. The highest BCUT2D eigenvalue weighted by molar-refractivity contribution is 6.31. The fraction of sp³-hybridized carbons (Fsp3) is 0.333. The molecule has 0 heterocycles. The predicted molar refractivity (Wildman–Crippen MR) is 64.2 cm³/mol. The molecule has 1 aliphatic carbocycles. The molecule has 0 unspecified atom stereocenters. The summed E-state index contributed by atoms with van der Waals surface area (Å²) in [5.74, 6) is -1.18. The zero-order chi connectivity index (χ0) is 12.4. The number of hydrogen-bond acceptors (Lipinski definition) is 2. The molecular weight excluding hydrogens is 242 g/mol. The number of benzene rings is 1. The van der Waals surface area contributed by atoms with Gasteiger partial charge in [-0.2, -0.15) is 0 Å². The van der Waals surface area contributed by atoms with Crippen molar-refractivity contribution in [3.8, 4) is 0 Å². The van der Waals surface area contributed by atoms with Crippen molar-refractivity contribution in [3.05, 3.63) is 29.3 Å². The third-order valence-corrected chi connectivity index (χ3v) is 2.84. The predicted octanol–water partition coefficient (Wildman–Crippen LogP) is 2.17. The molecule has 1 aromatic rings. The number of halogens is 1. The summed E-state index contributed by atoms with van der Waals surface area (Å²) in [5, 5.41) is 9.33. The van der Waals surface area contributed by atoms with E-state index in [4.69, 9.17) is 16.7 Å². The van der Waals surface area contributed by atoms with Crippen molar-refractivity contribution in [2.45, 2.75) is 12.8 Å². The molecule has 5 heteroatoms. The Kier molecular flexibility index (Phi) is 3.33. The van der Waals surface area contributed by atoms with Crippen LogP contribution in [0.1, 0.15) is 12.8 Å². The first-order valence-electron chi connectivity index (χ1n) is 5.36. The van der Waals surface area contributed by atoms with E-state index in [9.17, 15) is 9.59 Å². The fourth-order valence-electron chi connectivity index (χ4n) is 1.63. The Labute approximate surface area is 104 Å². The van der Waals surface area contributed by atoms with Crippen LogP contribution in [-0.2, 0) is 9.59 Å². The highest BCUT2D eigenvalue weighted by atomic mass is 35.5. The molecule has 0 saturated heterocycles. The normalized spacial score (nSPS) is 14.4. The van der Waals surface area contributed by atoms with Gasteiger partial charge in [-0.3, -0.25) is 9.59 Å². The molecular formula is C12H12ClNO3. The maximum atomic E-state index is 12.0. The standard InChI is InChI=1S/C12H12ClNO3/c13-9-2-1-3-10(6-9)14(7-11(15)16)12(17)8-4-5-8/h1-3,6,8H,4-5,7H2,(H,15,16). The second-order valence-electron chi connectivity index (χ2n) is 4.07. The highest BCUT2D eigenvalue weighted by Gasteiger charge is 2.34. The van der Waals surface area contributed by atoms with E-state index in [1.54, 1.807) is 24.3 Å². The summed E-state index contributed by atoms with van der Waals surface area (Å²) >= 11 is 5.84. The van der Waals surface area contributed by atoms with E-state index in [0.29, 0.717) is 10.7 Å². The Balaban J connectivity index is 2.25. The second-order valence-corrected chi connectivity index (χ2v) is 4.51. The average molecular weight is 254 g/mol. The lowest BCUT2D eigenvalue weighted by atomic mass is 10.2. The van der Waals surface area contributed by atoms with E-state index in [-0.39, 0.29) is 18.4 Å².